The number of nitrogens with zero attached hydrogens (tertiary/aromatic N) is 2. The largest absolute Gasteiger partial charge is 0.310 e. The van der Waals surface area contributed by atoms with Crippen LogP contribution in [0.1, 0.15) is 164 Å². The first kappa shape index (κ1) is 62.9. The van der Waals surface area contributed by atoms with Gasteiger partial charge in [0.05, 0.1) is 11.4 Å². The highest BCUT2D eigenvalue weighted by atomic mass is 15.2. The summed E-state index contributed by atoms with van der Waals surface area (Å²) in [5.41, 5.74) is 35.7. The summed E-state index contributed by atoms with van der Waals surface area (Å²) in [4.78, 5) is 5.35. The van der Waals surface area contributed by atoms with Crippen molar-refractivity contribution in [2.45, 2.75) is 129 Å². The van der Waals surface area contributed by atoms with Gasteiger partial charge in [-0.1, -0.05) is 315 Å². The van der Waals surface area contributed by atoms with E-state index < -0.39 is 21.7 Å². The molecule has 0 radical (unpaired) electrons. The third-order valence-electron chi connectivity index (χ3n) is 26.6. The lowest BCUT2D eigenvalue weighted by Crippen LogP contribution is -2.62. The molecule has 0 amide bonds. The van der Waals surface area contributed by atoms with Crippen molar-refractivity contribution in [1.82, 2.24) is 0 Å². The minimum atomic E-state index is -0.767. The lowest BCUT2D eigenvalue weighted by Gasteiger charge is -2.62. The van der Waals surface area contributed by atoms with Crippen molar-refractivity contribution in [2.75, 3.05) is 9.80 Å². The minimum absolute atomic E-state index is 0.231. The summed E-state index contributed by atoms with van der Waals surface area (Å²) in [6.45, 7) is 34.9. The lowest BCUT2D eigenvalue weighted by atomic mass is 9.39. The molecular weight excluding hydrogens is 1250 g/mol. The molecular formula is C102H88N2. The van der Waals surface area contributed by atoms with Crippen LogP contribution in [0.2, 0.25) is 0 Å². The fourth-order valence-corrected chi connectivity index (χ4v) is 22.3. The molecule has 2 heteroatoms. The van der Waals surface area contributed by atoms with Crippen molar-refractivity contribution in [3.8, 4) is 66.8 Å². The SMILES string of the molecule is CC1(C)c2ccccc2-c2ccc(N(c3ccc4c(c3)C(C)(C)c3ccccc3-4)c3cc4c(c5ccccc35)-c3ccccc3C4(C(C)(C)C)C3(C(C)(C)C)c4ccccc4-c4c3cc(N(c3ccc5c(c3)C(C)(C)c3ccccc3-5)c3ccc5c(c3)C(C)(C)c3ccccc3-5)c3ccccc43)cc21. The first-order chi connectivity index (χ1) is 49.9. The smallest absolute Gasteiger partial charge is 0.0543 e. The molecule has 2 atom stereocenters. The van der Waals surface area contributed by atoms with Crippen molar-refractivity contribution in [3.05, 3.63) is 346 Å². The van der Waals surface area contributed by atoms with E-state index in [1.807, 2.05) is 0 Å². The lowest BCUT2D eigenvalue weighted by molar-refractivity contribution is 0.0595. The molecule has 0 saturated carbocycles. The second kappa shape index (κ2) is 21.0. The first-order valence-corrected chi connectivity index (χ1v) is 37.8. The Bertz CT molecular complexity index is 5520. The van der Waals surface area contributed by atoms with Crippen molar-refractivity contribution >= 4 is 55.7 Å². The molecule has 0 saturated heterocycles. The Morgan fingerprint density at radius 1 is 0.202 bits per heavy atom. The summed E-state index contributed by atoms with van der Waals surface area (Å²) in [6, 6.07) is 110. The van der Waals surface area contributed by atoms with Gasteiger partial charge in [-0.3, -0.25) is 0 Å². The average molecular weight is 1340 g/mol. The van der Waals surface area contributed by atoms with Gasteiger partial charge in [-0.25, -0.2) is 0 Å². The van der Waals surface area contributed by atoms with E-state index in [4.69, 9.17) is 0 Å². The average Bonchev–Trinajstić information content (AvgIpc) is 1.45. The molecule has 14 aromatic carbocycles. The van der Waals surface area contributed by atoms with E-state index in [-0.39, 0.29) is 21.7 Å². The molecule has 104 heavy (non-hydrogen) atoms. The molecule has 6 aliphatic rings. The van der Waals surface area contributed by atoms with Gasteiger partial charge in [0.15, 0.2) is 0 Å². The Labute approximate surface area is 614 Å². The summed E-state index contributed by atoms with van der Waals surface area (Å²) in [6.07, 6.45) is 0. The van der Waals surface area contributed by atoms with E-state index >= 15 is 0 Å². The quantitative estimate of drug-likeness (QED) is 0.157. The van der Waals surface area contributed by atoms with E-state index in [2.05, 4.69) is 386 Å². The molecule has 6 aliphatic carbocycles. The Morgan fingerprint density at radius 3 is 0.692 bits per heavy atom. The molecule has 0 fully saturated rings. The van der Waals surface area contributed by atoms with E-state index in [1.54, 1.807) is 0 Å². The molecule has 0 spiro atoms. The number of fused-ring (bicyclic) bond motifs is 22. The van der Waals surface area contributed by atoms with Gasteiger partial charge in [0.2, 0.25) is 0 Å². The molecule has 0 aliphatic heterocycles. The first-order valence-electron chi connectivity index (χ1n) is 37.8. The molecule has 0 bridgehead atoms. The summed E-state index contributed by atoms with van der Waals surface area (Å²) < 4.78 is 0. The van der Waals surface area contributed by atoms with E-state index in [0.717, 1.165) is 22.7 Å². The standard InChI is InChI=1S/C102H88N2/c1-95(2,3)101(83-45-29-23-39-77(83)93-75-37-17-15-35-73(75)91(59-89(93)101)103(61-47-51-69-65-31-19-25-41-79(65)97(7,8)85(69)55-61)62-48-52-70-66-32-20-26-42-80(66)98(9,10)86(70)56-62)102(96(4,5)6)84-46-30-24-40-78(84)94-76-38-18-16-36-74(76)92(60-90(94)102)104(63-49-53-71-67-33-21-27-43-81(67)99(11,12)87(71)57-63)64-50-54-72-68-34-22-28-44-82(68)100(13,14)88(72)58-64/h15-60H,1-14H3. The fourth-order valence-electron chi connectivity index (χ4n) is 22.3. The molecule has 0 aromatic heterocycles. The Hall–Kier alpha value is -10.8. The second-order valence-corrected chi connectivity index (χ2v) is 35.1. The van der Waals surface area contributed by atoms with Crippen LogP contribution in [0.3, 0.4) is 0 Å². The van der Waals surface area contributed by atoms with Crippen LogP contribution >= 0.6 is 0 Å². The van der Waals surface area contributed by atoms with Gasteiger partial charge >= 0.3 is 0 Å². The minimum Gasteiger partial charge on any atom is -0.310 e. The maximum Gasteiger partial charge on any atom is 0.0543 e. The van der Waals surface area contributed by atoms with Gasteiger partial charge < -0.3 is 9.80 Å². The summed E-state index contributed by atoms with van der Waals surface area (Å²) in [7, 11) is 0. The highest BCUT2D eigenvalue weighted by Gasteiger charge is 2.71. The zero-order chi connectivity index (χ0) is 71.3. The van der Waals surface area contributed by atoms with Gasteiger partial charge in [-0.2, -0.15) is 0 Å². The zero-order valence-electron chi connectivity index (χ0n) is 62.5. The highest BCUT2D eigenvalue weighted by molar-refractivity contribution is 6.14. The van der Waals surface area contributed by atoms with Gasteiger partial charge in [-0.15, -0.1) is 0 Å². The molecule has 14 aromatic rings. The van der Waals surface area contributed by atoms with Crippen LogP contribution in [0, 0.1) is 10.8 Å². The zero-order valence-corrected chi connectivity index (χ0v) is 62.5. The Kier molecular flexibility index (Phi) is 12.7. The molecule has 506 valence electrons. The Morgan fingerprint density at radius 2 is 0.423 bits per heavy atom. The maximum atomic E-state index is 2.74. The normalized spacial score (nSPS) is 18.5. The molecule has 2 nitrogen and oxygen atoms in total. The molecule has 0 heterocycles. The van der Waals surface area contributed by atoms with Crippen LogP contribution in [-0.2, 0) is 32.5 Å². The van der Waals surface area contributed by atoms with E-state index in [1.165, 1.54) is 166 Å². The van der Waals surface area contributed by atoms with Gasteiger partial charge in [0.25, 0.3) is 0 Å². The molecule has 20 rings (SSSR count). The summed E-state index contributed by atoms with van der Waals surface area (Å²) in [5.74, 6) is 0. The fraction of sp³-hybridized carbons (Fsp3) is 0.216. The van der Waals surface area contributed by atoms with E-state index in [9.17, 15) is 0 Å². The van der Waals surface area contributed by atoms with Crippen molar-refractivity contribution < 1.29 is 0 Å². The van der Waals surface area contributed by atoms with Crippen LogP contribution in [0.4, 0.5) is 34.1 Å². The monoisotopic (exact) mass is 1340 g/mol. The van der Waals surface area contributed by atoms with E-state index in [0.29, 0.717) is 0 Å². The van der Waals surface area contributed by atoms with Crippen LogP contribution in [-0.4, -0.2) is 0 Å². The van der Waals surface area contributed by atoms with Gasteiger partial charge in [-0.05, 0) is 216 Å². The van der Waals surface area contributed by atoms with Crippen molar-refractivity contribution in [2.24, 2.45) is 10.8 Å². The number of rotatable bonds is 7. The predicted molar refractivity (Wildman–Crippen MR) is 439 cm³/mol. The third-order valence-corrected chi connectivity index (χ3v) is 26.6. The van der Waals surface area contributed by atoms with Crippen LogP contribution < -0.4 is 9.80 Å². The van der Waals surface area contributed by atoms with Crippen LogP contribution in [0.5, 0.6) is 0 Å². The van der Waals surface area contributed by atoms with Crippen molar-refractivity contribution in [1.29, 1.82) is 0 Å². The topological polar surface area (TPSA) is 6.48 Å². The highest BCUT2D eigenvalue weighted by Crippen LogP contribution is 2.77. The predicted octanol–water partition coefficient (Wildman–Crippen LogP) is 27.5. The summed E-state index contributed by atoms with van der Waals surface area (Å²) >= 11 is 0. The molecule has 0 N–H and O–H groups in total. The Balaban J connectivity index is 0.905. The van der Waals surface area contributed by atoms with Crippen LogP contribution in [0.15, 0.2) is 279 Å². The number of anilines is 6. The van der Waals surface area contributed by atoms with Gasteiger partial charge in [0.1, 0.15) is 0 Å². The number of benzene rings is 14. The van der Waals surface area contributed by atoms with Crippen LogP contribution in [0.25, 0.3) is 88.3 Å². The second-order valence-electron chi connectivity index (χ2n) is 35.1. The molecule has 2 unspecified atom stereocenters. The van der Waals surface area contributed by atoms with Crippen molar-refractivity contribution in [3.63, 3.8) is 0 Å². The number of hydrogen-bond acceptors (Lipinski definition) is 2. The van der Waals surface area contributed by atoms with Gasteiger partial charge in [0, 0.05) is 66.0 Å². The maximum absolute atomic E-state index is 2.74. The summed E-state index contributed by atoms with van der Waals surface area (Å²) in [5, 5.41) is 4.96. The number of hydrogen-bond donors (Lipinski definition) is 0. The third kappa shape index (κ3) is 7.81.